The molecule has 0 bridgehead atoms. The van der Waals surface area contributed by atoms with E-state index in [1.54, 1.807) is 0 Å². The lowest BCUT2D eigenvalue weighted by Gasteiger charge is -2.35. The third-order valence-corrected chi connectivity index (χ3v) is 9.10. The molecule has 1 saturated carbocycles. The van der Waals surface area contributed by atoms with Gasteiger partial charge < -0.3 is 4.57 Å². The number of fused-ring (bicyclic) bond motifs is 1. The van der Waals surface area contributed by atoms with Crippen LogP contribution in [-0.4, -0.2) is 26.6 Å². The number of carbonyl (C=O) groups excluding carboxylic acids is 1. The molecule has 192 valence electrons. The first-order valence-electron chi connectivity index (χ1n) is 13.3. The SMILES string of the molecule is C[C@H]1CCCC[C@H]1N1C(=O)/C(=C/c2cn(Cc3ccc(Br)cc3)c3ccccc23)SC1=Nc1ccccc1. The molecule has 2 heterocycles. The smallest absolute Gasteiger partial charge is 0.267 e. The minimum absolute atomic E-state index is 0.0770. The Bertz CT molecular complexity index is 1520. The van der Waals surface area contributed by atoms with Gasteiger partial charge in [0.15, 0.2) is 5.17 Å². The Hall–Kier alpha value is -3.09. The van der Waals surface area contributed by atoms with Crippen molar-refractivity contribution in [2.75, 3.05) is 0 Å². The highest BCUT2D eigenvalue weighted by molar-refractivity contribution is 9.10. The number of hydrogen-bond acceptors (Lipinski definition) is 3. The Morgan fingerprint density at radius 3 is 2.50 bits per heavy atom. The van der Waals surface area contributed by atoms with E-state index >= 15 is 0 Å². The fourth-order valence-corrected chi connectivity index (χ4v) is 6.90. The van der Waals surface area contributed by atoms with Crippen molar-refractivity contribution in [2.45, 2.75) is 45.2 Å². The molecule has 1 saturated heterocycles. The predicted molar refractivity (Wildman–Crippen MR) is 163 cm³/mol. The van der Waals surface area contributed by atoms with Crippen LogP contribution in [0.25, 0.3) is 17.0 Å². The van der Waals surface area contributed by atoms with Crippen LogP contribution in [0, 0.1) is 5.92 Å². The zero-order chi connectivity index (χ0) is 26.1. The maximum absolute atomic E-state index is 14.0. The van der Waals surface area contributed by atoms with Crippen molar-refractivity contribution in [1.29, 1.82) is 0 Å². The van der Waals surface area contributed by atoms with Gasteiger partial charge in [-0.05, 0) is 72.5 Å². The Labute approximate surface area is 236 Å². The molecule has 2 aliphatic rings. The van der Waals surface area contributed by atoms with E-state index in [0.29, 0.717) is 5.92 Å². The lowest BCUT2D eigenvalue weighted by atomic mass is 9.85. The van der Waals surface area contributed by atoms with E-state index in [-0.39, 0.29) is 11.9 Å². The van der Waals surface area contributed by atoms with Gasteiger partial charge in [0.05, 0.1) is 10.6 Å². The van der Waals surface area contributed by atoms with Gasteiger partial charge in [0.25, 0.3) is 5.91 Å². The topological polar surface area (TPSA) is 37.6 Å². The van der Waals surface area contributed by atoms with Crippen LogP contribution in [0.5, 0.6) is 0 Å². The monoisotopic (exact) mass is 583 g/mol. The normalized spacial score (nSPS) is 22.2. The Balaban J connectivity index is 1.39. The quantitative estimate of drug-likeness (QED) is 0.220. The van der Waals surface area contributed by atoms with E-state index in [9.17, 15) is 4.79 Å². The van der Waals surface area contributed by atoms with E-state index < -0.39 is 0 Å². The summed E-state index contributed by atoms with van der Waals surface area (Å²) in [7, 11) is 0. The standard InChI is InChI=1S/C32H30BrN3OS/c1-22-9-5-7-13-28(22)36-31(37)30(38-32(36)34-26-10-3-2-4-11-26)19-24-21-35(29-14-8-6-12-27(24)29)20-23-15-17-25(33)18-16-23/h2-4,6,8,10-12,14-19,21-22,28H,5,7,9,13,20H2,1H3/b30-19-,34-32?/t22-,28+/m0/s1. The fraction of sp³-hybridized carbons (Fsp3) is 0.250. The number of rotatable bonds is 5. The summed E-state index contributed by atoms with van der Waals surface area (Å²) in [5, 5.41) is 1.95. The highest BCUT2D eigenvalue weighted by Gasteiger charge is 2.41. The van der Waals surface area contributed by atoms with E-state index in [2.05, 4.69) is 88.2 Å². The van der Waals surface area contributed by atoms with Crippen LogP contribution in [0.4, 0.5) is 5.69 Å². The first-order chi connectivity index (χ1) is 18.6. The third-order valence-electron chi connectivity index (χ3n) is 7.59. The maximum Gasteiger partial charge on any atom is 0.267 e. The van der Waals surface area contributed by atoms with E-state index in [1.165, 1.54) is 23.7 Å². The second-order valence-corrected chi connectivity index (χ2v) is 12.1. The number of aromatic nitrogens is 1. The third kappa shape index (κ3) is 5.12. The second kappa shape index (κ2) is 11.0. The van der Waals surface area contributed by atoms with Crippen molar-refractivity contribution in [1.82, 2.24) is 9.47 Å². The van der Waals surface area contributed by atoms with Gasteiger partial charge in [-0.25, -0.2) is 4.99 Å². The highest BCUT2D eigenvalue weighted by atomic mass is 79.9. The van der Waals surface area contributed by atoms with Gasteiger partial charge in [0.2, 0.25) is 0 Å². The molecule has 2 fully saturated rings. The van der Waals surface area contributed by atoms with Crippen LogP contribution in [0.1, 0.15) is 43.7 Å². The van der Waals surface area contributed by atoms with Gasteiger partial charge in [-0.1, -0.05) is 84.2 Å². The second-order valence-electron chi connectivity index (χ2n) is 10.2. The number of aliphatic imine (C=N–C) groups is 1. The summed E-state index contributed by atoms with van der Waals surface area (Å²) >= 11 is 5.04. The molecule has 6 rings (SSSR count). The van der Waals surface area contributed by atoms with Gasteiger partial charge in [0.1, 0.15) is 0 Å². The molecule has 1 aromatic heterocycles. The number of carbonyl (C=O) groups is 1. The lowest BCUT2D eigenvalue weighted by molar-refractivity contribution is -0.124. The molecule has 1 amide bonds. The van der Waals surface area contributed by atoms with Crippen LogP contribution in [0.3, 0.4) is 0 Å². The summed E-state index contributed by atoms with van der Waals surface area (Å²) < 4.78 is 3.35. The molecule has 38 heavy (non-hydrogen) atoms. The van der Waals surface area contributed by atoms with Crippen molar-refractivity contribution in [3.63, 3.8) is 0 Å². The lowest BCUT2D eigenvalue weighted by Crippen LogP contribution is -2.44. The zero-order valence-corrected chi connectivity index (χ0v) is 23.8. The average Bonchev–Trinajstić information content (AvgIpc) is 3.43. The van der Waals surface area contributed by atoms with Crippen LogP contribution in [0.2, 0.25) is 0 Å². The summed E-state index contributed by atoms with van der Waals surface area (Å²) in [4.78, 5) is 21.7. The average molecular weight is 585 g/mol. The molecule has 6 heteroatoms. The van der Waals surface area contributed by atoms with Gasteiger partial charge in [-0.2, -0.15) is 0 Å². The predicted octanol–water partition coefficient (Wildman–Crippen LogP) is 8.63. The minimum atomic E-state index is 0.0770. The van der Waals surface area contributed by atoms with Crippen LogP contribution >= 0.6 is 27.7 Å². The van der Waals surface area contributed by atoms with E-state index in [1.807, 2.05) is 35.2 Å². The number of halogens is 1. The molecule has 0 unspecified atom stereocenters. The summed E-state index contributed by atoms with van der Waals surface area (Å²) in [6, 6.07) is 27.0. The first kappa shape index (κ1) is 25.2. The molecule has 1 aliphatic heterocycles. The number of benzene rings is 3. The van der Waals surface area contributed by atoms with Crippen molar-refractivity contribution < 1.29 is 4.79 Å². The Morgan fingerprint density at radius 1 is 0.974 bits per heavy atom. The number of hydrogen-bond donors (Lipinski definition) is 0. The largest absolute Gasteiger partial charge is 0.342 e. The molecule has 0 spiro atoms. The number of amides is 1. The molecular formula is C32H30BrN3OS. The van der Waals surface area contributed by atoms with Crippen molar-refractivity contribution in [3.8, 4) is 0 Å². The van der Waals surface area contributed by atoms with Crippen LogP contribution in [-0.2, 0) is 11.3 Å². The number of nitrogens with zero attached hydrogens (tertiary/aromatic N) is 3. The van der Waals surface area contributed by atoms with Crippen molar-refractivity contribution in [3.05, 3.63) is 106 Å². The summed E-state index contributed by atoms with van der Waals surface area (Å²) in [5.74, 6) is 0.537. The number of para-hydroxylation sites is 2. The minimum Gasteiger partial charge on any atom is -0.342 e. The molecule has 4 nitrogen and oxygen atoms in total. The molecule has 2 atom stereocenters. The molecular weight excluding hydrogens is 554 g/mol. The zero-order valence-electron chi connectivity index (χ0n) is 21.4. The van der Waals surface area contributed by atoms with E-state index in [4.69, 9.17) is 4.99 Å². The Kier molecular flexibility index (Phi) is 7.26. The van der Waals surface area contributed by atoms with Gasteiger partial charge in [-0.15, -0.1) is 0 Å². The summed E-state index contributed by atoms with van der Waals surface area (Å²) in [6.07, 6.45) is 8.82. The number of amidine groups is 1. The molecule has 4 aromatic rings. The first-order valence-corrected chi connectivity index (χ1v) is 14.9. The van der Waals surface area contributed by atoms with Gasteiger partial charge >= 0.3 is 0 Å². The summed E-state index contributed by atoms with van der Waals surface area (Å²) in [6.45, 7) is 3.05. The molecule has 0 N–H and O–H groups in total. The van der Waals surface area contributed by atoms with Crippen molar-refractivity contribution in [2.24, 2.45) is 10.9 Å². The maximum atomic E-state index is 14.0. The molecule has 1 aliphatic carbocycles. The highest BCUT2D eigenvalue weighted by Crippen LogP contribution is 2.40. The van der Waals surface area contributed by atoms with Crippen LogP contribution < -0.4 is 0 Å². The van der Waals surface area contributed by atoms with Crippen molar-refractivity contribution >= 4 is 61.4 Å². The molecule has 3 aromatic carbocycles. The van der Waals surface area contributed by atoms with Gasteiger partial charge in [0, 0.05) is 39.7 Å². The molecule has 0 radical (unpaired) electrons. The van der Waals surface area contributed by atoms with Gasteiger partial charge in [-0.3, -0.25) is 9.69 Å². The summed E-state index contributed by atoms with van der Waals surface area (Å²) in [5.41, 5.74) is 4.33. The number of thioether (sulfide) groups is 1. The Morgan fingerprint density at radius 2 is 1.71 bits per heavy atom. The van der Waals surface area contributed by atoms with Crippen LogP contribution in [0.15, 0.2) is 99.4 Å². The van der Waals surface area contributed by atoms with E-state index in [0.717, 1.165) is 62.5 Å². The fourth-order valence-electron chi connectivity index (χ4n) is 5.60.